The van der Waals surface area contributed by atoms with E-state index in [1.807, 2.05) is 48.5 Å². The molecule has 0 radical (unpaired) electrons. The molecule has 7 heteroatoms. The van der Waals surface area contributed by atoms with Gasteiger partial charge in [0, 0.05) is 11.7 Å². The van der Waals surface area contributed by atoms with Crippen LogP contribution in [0.1, 0.15) is 38.2 Å². The van der Waals surface area contributed by atoms with Gasteiger partial charge in [0.15, 0.2) is 17.0 Å². The SMILES string of the molecule is COc1cc(/C=C2\SC(Nc3ccccc3)N([C@H]3CCCC[C@H]3C)C2=O)cc(I)c1OC. The number of anilines is 1. The van der Waals surface area contributed by atoms with Crippen molar-refractivity contribution < 1.29 is 14.3 Å². The van der Waals surface area contributed by atoms with E-state index in [0.29, 0.717) is 17.4 Å². The van der Waals surface area contributed by atoms with Gasteiger partial charge in [0.05, 0.1) is 22.7 Å². The van der Waals surface area contributed by atoms with Gasteiger partial charge in [-0.1, -0.05) is 49.7 Å². The molecule has 3 atom stereocenters. The number of thioether (sulfide) groups is 1. The third-order valence-electron chi connectivity index (χ3n) is 6.18. The molecule has 1 saturated heterocycles. The molecule has 4 rings (SSSR count). The Morgan fingerprint density at radius 1 is 1.12 bits per heavy atom. The third kappa shape index (κ3) is 4.88. The molecule has 0 spiro atoms. The highest BCUT2D eigenvalue weighted by molar-refractivity contribution is 14.1. The minimum absolute atomic E-state index is 0.104. The first-order valence-electron chi connectivity index (χ1n) is 11.0. The summed E-state index contributed by atoms with van der Waals surface area (Å²) in [7, 11) is 3.27. The van der Waals surface area contributed by atoms with Crippen molar-refractivity contribution in [3.63, 3.8) is 0 Å². The largest absolute Gasteiger partial charge is 0.493 e. The summed E-state index contributed by atoms with van der Waals surface area (Å²) >= 11 is 3.83. The number of nitrogens with one attached hydrogen (secondary N) is 1. The smallest absolute Gasteiger partial charge is 0.262 e. The van der Waals surface area contributed by atoms with Crippen LogP contribution in [0.2, 0.25) is 0 Å². The number of hydrogen-bond donors (Lipinski definition) is 1. The number of rotatable bonds is 6. The number of halogens is 1. The Balaban J connectivity index is 1.67. The van der Waals surface area contributed by atoms with Crippen molar-refractivity contribution in [1.29, 1.82) is 0 Å². The fourth-order valence-corrected chi connectivity index (χ4v) is 6.60. The predicted octanol–water partition coefficient (Wildman–Crippen LogP) is 6.20. The number of carbonyl (C=O) groups excluding carboxylic acids is 1. The predicted molar refractivity (Wildman–Crippen MR) is 140 cm³/mol. The molecule has 5 nitrogen and oxygen atoms in total. The molecule has 2 aromatic rings. The van der Waals surface area contributed by atoms with Crippen molar-refractivity contribution in [2.45, 2.75) is 44.1 Å². The van der Waals surface area contributed by atoms with E-state index in [1.54, 1.807) is 26.0 Å². The normalized spacial score (nSPS) is 24.6. The fraction of sp³-hybridized carbons (Fsp3) is 0.400. The van der Waals surface area contributed by atoms with Gasteiger partial charge in [-0.25, -0.2) is 0 Å². The van der Waals surface area contributed by atoms with Crippen LogP contribution >= 0.6 is 34.4 Å². The van der Waals surface area contributed by atoms with Crippen molar-refractivity contribution in [2.75, 3.05) is 19.5 Å². The van der Waals surface area contributed by atoms with Gasteiger partial charge in [0.1, 0.15) is 0 Å². The van der Waals surface area contributed by atoms with Crippen molar-refractivity contribution in [2.24, 2.45) is 5.92 Å². The monoisotopic (exact) mass is 564 g/mol. The van der Waals surface area contributed by atoms with E-state index in [1.165, 1.54) is 19.3 Å². The van der Waals surface area contributed by atoms with Gasteiger partial charge < -0.3 is 19.7 Å². The number of methoxy groups -OCH3 is 2. The van der Waals surface area contributed by atoms with E-state index in [-0.39, 0.29) is 17.4 Å². The van der Waals surface area contributed by atoms with Crippen LogP contribution in [0.3, 0.4) is 0 Å². The molecule has 1 saturated carbocycles. The van der Waals surface area contributed by atoms with E-state index in [4.69, 9.17) is 9.47 Å². The zero-order valence-corrected chi connectivity index (χ0v) is 21.6. The van der Waals surface area contributed by atoms with Gasteiger partial charge >= 0.3 is 0 Å². The number of benzene rings is 2. The second-order valence-corrected chi connectivity index (χ2v) is 10.6. The first kappa shape index (κ1) is 23.3. The van der Waals surface area contributed by atoms with Crippen LogP contribution in [-0.4, -0.2) is 36.6 Å². The zero-order valence-electron chi connectivity index (χ0n) is 18.6. The van der Waals surface area contributed by atoms with Gasteiger partial charge in [-0.3, -0.25) is 4.79 Å². The molecule has 170 valence electrons. The second-order valence-electron chi connectivity index (χ2n) is 8.27. The summed E-state index contributed by atoms with van der Waals surface area (Å²) in [6, 6.07) is 14.3. The number of ether oxygens (including phenoxy) is 2. The summed E-state index contributed by atoms with van der Waals surface area (Å²) in [6.07, 6.45) is 6.63. The van der Waals surface area contributed by atoms with Crippen molar-refractivity contribution >= 4 is 52.0 Å². The molecule has 1 aliphatic heterocycles. The minimum Gasteiger partial charge on any atom is -0.493 e. The van der Waals surface area contributed by atoms with E-state index < -0.39 is 0 Å². The third-order valence-corrected chi connectivity index (χ3v) is 8.09. The number of para-hydroxylation sites is 1. The summed E-state index contributed by atoms with van der Waals surface area (Å²) in [6.45, 7) is 2.28. The summed E-state index contributed by atoms with van der Waals surface area (Å²) in [4.78, 5) is 16.5. The first-order chi connectivity index (χ1) is 15.5. The highest BCUT2D eigenvalue weighted by Crippen LogP contribution is 2.43. The molecule has 0 bridgehead atoms. The fourth-order valence-electron chi connectivity index (χ4n) is 4.54. The number of hydrogen-bond acceptors (Lipinski definition) is 5. The molecule has 1 amide bonds. The molecule has 2 fully saturated rings. The van der Waals surface area contributed by atoms with Crippen LogP contribution in [0.25, 0.3) is 6.08 Å². The summed E-state index contributed by atoms with van der Waals surface area (Å²) < 4.78 is 11.9. The minimum atomic E-state index is -0.124. The van der Waals surface area contributed by atoms with Crippen LogP contribution in [0.15, 0.2) is 47.4 Å². The van der Waals surface area contributed by atoms with Crippen molar-refractivity contribution in [3.8, 4) is 11.5 Å². The standard InChI is InChI=1S/C25H29IN2O3S/c1-16-9-7-8-12-20(16)28-24(29)22(32-25(28)27-18-10-5-4-6-11-18)15-17-13-19(26)23(31-3)21(14-17)30-2/h4-6,10-11,13-16,20,25,27H,7-9,12H2,1-3H3/b22-15-/t16-,20+,25?/m1/s1. The maximum Gasteiger partial charge on any atom is 0.262 e. The first-order valence-corrected chi connectivity index (χ1v) is 12.9. The summed E-state index contributed by atoms with van der Waals surface area (Å²) in [5.74, 6) is 1.97. The van der Waals surface area contributed by atoms with Crippen LogP contribution in [-0.2, 0) is 4.79 Å². The van der Waals surface area contributed by atoms with Crippen molar-refractivity contribution in [3.05, 3.63) is 56.5 Å². The Bertz CT molecular complexity index is 998. The average molecular weight is 564 g/mol. The highest BCUT2D eigenvalue weighted by atomic mass is 127. The van der Waals surface area contributed by atoms with Crippen LogP contribution < -0.4 is 14.8 Å². The van der Waals surface area contributed by atoms with Crippen molar-refractivity contribution in [1.82, 2.24) is 4.90 Å². The summed E-state index contributed by atoms with van der Waals surface area (Å²) in [5.41, 5.74) is 1.83. The van der Waals surface area contributed by atoms with Crippen LogP contribution in [0, 0.1) is 9.49 Å². The molecule has 1 aliphatic carbocycles. The highest BCUT2D eigenvalue weighted by Gasteiger charge is 2.42. The molecule has 2 aliphatic rings. The van der Waals surface area contributed by atoms with Gasteiger partial charge in [-0.2, -0.15) is 0 Å². The number of nitrogens with zero attached hydrogens (tertiary/aromatic N) is 1. The molecular formula is C25H29IN2O3S. The topological polar surface area (TPSA) is 50.8 Å². The Labute approximate surface area is 208 Å². The Morgan fingerprint density at radius 3 is 2.56 bits per heavy atom. The van der Waals surface area contributed by atoms with E-state index in [0.717, 1.165) is 26.1 Å². The molecule has 0 aromatic heterocycles. The molecule has 1 heterocycles. The number of amides is 1. The average Bonchev–Trinajstić information content (AvgIpc) is 3.08. The van der Waals surface area contributed by atoms with Gasteiger partial charge in [0.25, 0.3) is 5.91 Å². The van der Waals surface area contributed by atoms with E-state index in [9.17, 15) is 4.79 Å². The molecule has 2 aromatic carbocycles. The lowest BCUT2D eigenvalue weighted by Gasteiger charge is -2.39. The quantitative estimate of drug-likeness (QED) is 0.335. The van der Waals surface area contributed by atoms with E-state index in [2.05, 4.69) is 39.7 Å². The summed E-state index contributed by atoms with van der Waals surface area (Å²) in [5, 5.41) is 3.59. The Morgan fingerprint density at radius 2 is 1.88 bits per heavy atom. The van der Waals surface area contributed by atoms with Crippen LogP contribution in [0.5, 0.6) is 11.5 Å². The lowest BCUT2D eigenvalue weighted by atomic mass is 9.85. The van der Waals surface area contributed by atoms with Gasteiger partial charge in [-0.15, -0.1) is 0 Å². The zero-order chi connectivity index (χ0) is 22.7. The Hall–Kier alpha value is -1.87. The Kier molecular flexibility index (Phi) is 7.55. The maximum absolute atomic E-state index is 13.7. The van der Waals surface area contributed by atoms with Crippen LogP contribution in [0.4, 0.5) is 5.69 Å². The lowest BCUT2D eigenvalue weighted by molar-refractivity contribution is -0.129. The molecule has 32 heavy (non-hydrogen) atoms. The van der Waals surface area contributed by atoms with Gasteiger partial charge in [-0.05, 0) is 77.3 Å². The molecular weight excluding hydrogens is 535 g/mol. The molecule has 1 N–H and O–H groups in total. The molecule has 1 unspecified atom stereocenters. The maximum atomic E-state index is 13.7. The second kappa shape index (κ2) is 10.4. The lowest BCUT2D eigenvalue weighted by Crippen LogP contribution is -2.48. The van der Waals surface area contributed by atoms with Gasteiger partial charge in [0.2, 0.25) is 0 Å². The number of carbonyl (C=O) groups is 1. The van der Waals surface area contributed by atoms with E-state index >= 15 is 0 Å².